The molecule has 3 saturated heterocycles. The number of piperazine rings is 1. The van der Waals surface area contributed by atoms with E-state index < -0.39 is 23.4 Å². The Bertz CT molecular complexity index is 1250. The zero-order chi connectivity index (χ0) is 25.2. The first-order valence-corrected chi connectivity index (χ1v) is 13.0. The molecule has 7 nitrogen and oxygen atoms in total. The van der Waals surface area contributed by atoms with E-state index in [0.29, 0.717) is 23.0 Å². The summed E-state index contributed by atoms with van der Waals surface area (Å²) >= 11 is 6.15. The van der Waals surface area contributed by atoms with Gasteiger partial charge in [-0.05, 0) is 48.9 Å². The van der Waals surface area contributed by atoms with Gasteiger partial charge in [0.25, 0.3) is 0 Å². The van der Waals surface area contributed by atoms with Crippen LogP contribution in [0.3, 0.4) is 0 Å². The minimum atomic E-state index is -1.46. The predicted molar refractivity (Wildman–Crippen MR) is 133 cm³/mol. The lowest BCUT2D eigenvalue weighted by Gasteiger charge is -2.49. The number of rotatable bonds is 6. The molecule has 3 heterocycles. The third-order valence-corrected chi connectivity index (χ3v) is 8.53. The number of fused-ring (bicyclic) bond motifs is 3. The van der Waals surface area contributed by atoms with Gasteiger partial charge < -0.3 is 9.80 Å². The van der Waals surface area contributed by atoms with E-state index in [-0.39, 0.29) is 43.1 Å². The van der Waals surface area contributed by atoms with Gasteiger partial charge in [-0.15, -0.1) is 0 Å². The van der Waals surface area contributed by atoms with Crippen molar-refractivity contribution >= 4 is 35.2 Å². The summed E-state index contributed by atoms with van der Waals surface area (Å²) in [5, 5.41) is 0.532. The van der Waals surface area contributed by atoms with E-state index in [1.165, 1.54) is 4.90 Å². The molecule has 1 saturated carbocycles. The van der Waals surface area contributed by atoms with Crippen LogP contribution in [0.25, 0.3) is 0 Å². The summed E-state index contributed by atoms with van der Waals surface area (Å²) < 4.78 is 0. The summed E-state index contributed by atoms with van der Waals surface area (Å²) in [5.41, 5.74) is 0.0971. The zero-order valence-corrected chi connectivity index (χ0v) is 20.9. The van der Waals surface area contributed by atoms with Crippen molar-refractivity contribution in [3.05, 3.63) is 70.7 Å². The summed E-state index contributed by atoms with van der Waals surface area (Å²) in [7, 11) is 0. The molecule has 36 heavy (non-hydrogen) atoms. The molecule has 0 N–H and O–H groups in total. The number of imide groups is 1. The van der Waals surface area contributed by atoms with Crippen LogP contribution in [-0.2, 0) is 25.6 Å². The highest BCUT2D eigenvalue weighted by Gasteiger charge is 2.74. The zero-order valence-electron chi connectivity index (χ0n) is 20.1. The summed E-state index contributed by atoms with van der Waals surface area (Å²) in [6, 6.07) is 15.8. The maximum atomic E-state index is 14.5. The van der Waals surface area contributed by atoms with Crippen LogP contribution in [0.15, 0.2) is 54.6 Å². The first-order valence-electron chi connectivity index (χ1n) is 12.6. The smallest absolute Gasteiger partial charge is 0.250 e. The number of carbonyl (C=O) groups is 4. The molecule has 6 rings (SSSR count). The number of hydrogen-bond acceptors (Lipinski definition) is 4. The molecule has 0 spiro atoms. The highest BCUT2D eigenvalue weighted by atomic mass is 35.5. The van der Waals surface area contributed by atoms with E-state index in [1.54, 1.807) is 41.0 Å². The molecule has 186 valence electrons. The number of benzene rings is 2. The van der Waals surface area contributed by atoms with Crippen LogP contribution in [0.1, 0.15) is 36.9 Å². The van der Waals surface area contributed by atoms with Crippen LogP contribution >= 0.6 is 11.6 Å². The van der Waals surface area contributed by atoms with Crippen molar-refractivity contribution in [3.8, 4) is 0 Å². The summed E-state index contributed by atoms with van der Waals surface area (Å²) in [6.45, 7) is 2.48. The van der Waals surface area contributed by atoms with Gasteiger partial charge in [-0.2, -0.15) is 0 Å². The number of likely N-dealkylation sites (tertiary alicyclic amines) is 1. The normalized spacial score (nSPS) is 29.7. The van der Waals surface area contributed by atoms with Gasteiger partial charge in [0.05, 0.1) is 24.4 Å². The van der Waals surface area contributed by atoms with Crippen molar-refractivity contribution in [2.24, 2.45) is 17.8 Å². The molecular weight excluding hydrogens is 478 g/mol. The third kappa shape index (κ3) is 3.32. The van der Waals surface area contributed by atoms with Crippen molar-refractivity contribution in [2.45, 2.75) is 37.8 Å². The second-order valence-electron chi connectivity index (χ2n) is 10.4. The van der Waals surface area contributed by atoms with Crippen LogP contribution in [0.5, 0.6) is 0 Å². The van der Waals surface area contributed by atoms with Crippen LogP contribution in [0.4, 0.5) is 0 Å². The van der Waals surface area contributed by atoms with E-state index in [0.717, 1.165) is 18.4 Å². The summed E-state index contributed by atoms with van der Waals surface area (Å²) in [6.07, 6.45) is 2.25. The molecule has 4 fully saturated rings. The van der Waals surface area contributed by atoms with Gasteiger partial charge in [-0.3, -0.25) is 24.1 Å². The molecule has 8 heteroatoms. The van der Waals surface area contributed by atoms with Crippen LogP contribution < -0.4 is 0 Å². The molecule has 3 unspecified atom stereocenters. The van der Waals surface area contributed by atoms with Crippen molar-refractivity contribution in [1.82, 2.24) is 14.7 Å². The van der Waals surface area contributed by atoms with Crippen molar-refractivity contribution in [3.63, 3.8) is 0 Å². The SMILES string of the molecule is CCN1C(=O)C2C(c3ccc(Cl)cc3)N3C(=O)CN(CC4CC4)C(=O)[C@@]3(Cc3ccccc3)C2C1=O. The van der Waals surface area contributed by atoms with Gasteiger partial charge in [0.2, 0.25) is 23.6 Å². The molecule has 0 aromatic heterocycles. The summed E-state index contributed by atoms with van der Waals surface area (Å²) in [4.78, 5) is 60.5. The summed E-state index contributed by atoms with van der Waals surface area (Å²) in [5.74, 6) is -2.49. The fraction of sp³-hybridized carbons (Fsp3) is 0.429. The molecule has 4 amide bonds. The van der Waals surface area contributed by atoms with Gasteiger partial charge in [0, 0.05) is 24.5 Å². The average Bonchev–Trinajstić information content (AvgIpc) is 3.58. The average molecular weight is 506 g/mol. The van der Waals surface area contributed by atoms with Crippen LogP contribution in [0.2, 0.25) is 5.02 Å². The maximum absolute atomic E-state index is 14.5. The quantitative estimate of drug-likeness (QED) is 0.565. The van der Waals surface area contributed by atoms with Crippen LogP contribution in [0, 0.1) is 17.8 Å². The number of carbonyl (C=O) groups excluding carboxylic acids is 4. The third-order valence-electron chi connectivity index (χ3n) is 8.28. The second-order valence-corrected chi connectivity index (χ2v) is 10.8. The molecule has 3 aliphatic heterocycles. The van der Waals surface area contributed by atoms with Gasteiger partial charge in [-0.1, -0.05) is 54.1 Å². The Morgan fingerprint density at radius 1 is 0.944 bits per heavy atom. The Balaban J connectivity index is 1.57. The Labute approximate surface area is 215 Å². The highest BCUT2D eigenvalue weighted by molar-refractivity contribution is 6.30. The number of hydrogen-bond donors (Lipinski definition) is 0. The second kappa shape index (κ2) is 8.44. The van der Waals surface area contributed by atoms with E-state index in [1.807, 2.05) is 30.3 Å². The van der Waals surface area contributed by atoms with Crippen molar-refractivity contribution in [2.75, 3.05) is 19.6 Å². The largest absolute Gasteiger partial charge is 0.331 e. The first kappa shape index (κ1) is 23.2. The lowest BCUT2D eigenvalue weighted by molar-refractivity contribution is -0.169. The Morgan fingerprint density at radius 3 is 2.28 bits per heavy atom. The Kier molecular flexibility index (Phi) is 5.45. The number of amides is 4. The van der Waals surface area contributed by atoms with E-state index in [4.69, 9.17) is 11.6 Å². The first-order chi connectivity index (χ1) is 17.4. The molecule has 4 aliphatic rings. The lowest BCUT2D eigenvalue weighted by atomic mass is 9.74. The van der Waals surface area contributed by atoms with Crippen molar-refractivity contribution in [1.29, 1.82) is 0 Å². The number of nitrogens with zero attached hydrogens (tertiary/aromatic N) is 3. The minimum Gasteiger partial charge on any atom is -0.331 e. The van der Waals surface area contributed by atoms with Gasteiger partial charge in [0.1, 0.15) is 5.54 Å². The van der Waals surface area contributed by atoms with Gasteiger partial charge in [0.15, 0.2) is 0 Å². The maximum Gasteiger partial charge on any atom is 0.250 e. The van der Waals surface area contributed by atoms with E-state index >= 15 is 0 Å². The van der Waals surface area contributed by atoms with E-state index in [2.05, 4.69) is 0 Å². The van der Waals surface area contributed by atoms with Gasteiger partial charge >= 0.3 is 0 Å². The van der Waals surface area contributed by atoms with Gasteiger partial charge in [-0.25, -0.2) is 0 Å². The van der Waals surface area contributed by atoms with Crippen molar-refractivity contribution < 1.29 is 19.2 Å². The molecule has 0 radical (unpaired) electrons. The number of halogens is 1. The van der Waals surface area contributed by atoms with Crippen LogP contribution in [-0.4, -0.2) is 63.5 Å². The molecule has 2 aromatic carbocycles. The minimum absolute atomic E-state index is 0.0325. The molecule has 1 aliphatic carbocycles. The molecule has 0 bridgehead atoms. The van der Waals surface area contributed by atoms with E-state index in [9.17, 15) is 19.2 Å². The fourth-order valence-electron chi connectivity index (χ4n) is 6.59. The highest BCUT2D eigenvalue weighted by Crippen LogP contribution is 2.58. The molecule has 2 aromatic rings. The standard InChI is InChI=1S/C28H28ClN3O4/c1-2-31-25(34)22-23(26(31)35)28(14-17-6-4-3-5-7-17)27(36)30(15-18-8-9-18)16-21(33)32(28)24(22)19-10-12-20(29)13-11-19/h3-7,10-13,18,22-24H,2,8-9,14-16H2,1H3/t22?,23?,24?,28-/m1/s1. The topological polar surface area (TPSA) is 78.0 Å². The molecule has 4 atom stereocenters. The fourth-order valence-corrected chi connectivity index (χ4v) is 6.72. The lowest BCUT2D eigenvalue weighted by Crippen LogP contribution is -2.70. The monoisotopic (exact) mass is 505 g/mol. The Morgan fingerprint density at radius 2 is 1.64 bits per heavy atom. The predicted octanol–water partition coefficient (Wildman–Crippen LogP) is 3.08. The molecular formula is C28H28ClN3O4. The Hall–Kier alpha value is -3.19.